The van der Waals surface area contributed by atoms with Gasteiger partial charge >= 0.3 is 0 Å². The minimum atomic E-state index is -3.92. The molecule has 19 heavy (non-hydrogen) atoms. The summed E-state index contributed by atoms with van der Waals surface area (Å²) >= 11 is 0. The molecule has 0 heterocycles. The van der Waals surface area contributed by atoms with Crippen LogP contribution in [-0.4, -0.2) is 30.3 Å². The fourth-order valence-electron chi connectivity index (χ4n) is 1.50. The first-order valence-corrected chi connectivity index (χ1v) is 7.23. The highest BCUT2D eigenvalue weighted by Crippen LogP contribution is 2.23. The monoisotopic (exact) mass is 289 g/mol. The molecule has 1 aromatic carbocycles. The Balaban J connectivity index is 2.42. The molecule has 8 heteroatoms. The smallest absolute Gasteiger partial charge is 0.272 e. The predicted molar refractivity (Wildman–Crippen MR) is 69.0 cm³/mol. The minimum Gasteiger partial charge on any atom is -0.494 e. The second-order valence-corrected chi connectivity index (χ2v) is 5.62. The van der Waals surface area contributed by atoms with Crippen LogP contribution in [0.3, 0.4) is 0 Å². The van der Waals surface area contributed by atoms with Crippen LogP contribution in [0, 0.1) is 17.0 Å². The molecular weight excluding hydrogens is 274 g/mol. The summed E-state index contributed by atoms with van der Waals surface area (Å²) in [6.45, 7) is 1.90. The zero-order valence-electron chi connectivity index (χ0n) is 10.4. The van der Waals surface area contributed by atoms with E-state index in [1.165, 1.54) is 12.1 Å². The number of nitro groups is 1. The highest BCUT2D eigenvalue weighted by molar-refractivity contribution is 7.85. The molecule has 0 aromatic heterocycles. The van der Waals surface area contributed by atoms with Crippen molar-refractivity contribution in [2.45, 2.75) is 19.8 Å². The maximum Gasteiger partial charge on any atom is 0.272 e. The molecule has 1 N–H and O–H groups in total. The molecule has 0 aliphatic rings. The van der Waals surface area contributed by atoms with Crippen molar-refractivity contribution < 1.29 is 22.6 Å². The van der Waals surface area contributed by atoms with Crippen LogP contribution in [0.5, 0.6) is 5.75 Å². The van der Waals surface area contributed by atoms with Crippen molar-refractivity contribution in [3.8, 4) is 5.75 Å². The Bertz CT molecular complexity index is 554. The molecule has 0 radical (unpaired) electrons. The third-order valence-electron chi connectivity index (χ3n) is 2.43. The van der Waals surface area contributed by atoms with Crippen molar-refractivity contribution in [2.75, 3.05) is 12.4 Å². The van der Waals surface area contributed by atoms with Gasteiger partial charge in [0.05, 0.1) is 17.3 Å². The summed E-state index contributed by atoms with van der Waals surface area (Å²) in [4.78, 5) is 10.1. The molecule has 0 amide bonds. The number of nitrogens with zero attached hydrogens (tertiary/aromatic N) is 1. The molecule has 0 atom stereocenters. The summed E-state index contributed by atoms with van der Waals surface area (Å²) in [5.41, 5.74) is 0.527. The van der Waals surface area contributed by atoms with E-state index in [1.54, 1.807) is 13.0 Å². The van der Waals surface area contributed by atoms with Gasteiger partial charge in [0, 0.05) is 11.6 Å². The van der Waals surface area contributed by atoms with Crippen LogP contribution >= 0.6 is 0 Å². The molecular formula is C11H15NO6S. The Kier molecular flexibility index (Phi) is 5.25. The average Bonchev–Trinajstić information content (AvgIpc) is 2.26. The molecule has 0 spiro atoms. The van der Waals surface area contributed by atoms with Crippen molar-refractivity contribution in [3.05, 3.63) is 33.9 Å². The molecule has 106 valence electrons. The maximum atomic E-state index is 10.6. The largest absolute Gasteiger partial charge is 0.494 e. The van der Waals surface area contributed by atoms with E-state index in [-0.39, 0.29) is 18.0 Å². The summed E-state index contributed by atoms with van der Waals surface area (Å²) in [7, 11) is -3.92. The zero-order valence-corrected chi connectivity index (χ0v) is 11.2. The molecule has 0 saturated heterocycles. The van der Waals surface area contributed by atoms with Gasteiger partial charge in [-0.1, -0.05) is 0 Å². The average molecular weight is 289 g/mol. The SMILES string of the molecule is Cc1cc(OCCCCS(=O)(=O)O)ccc1[N+](=O)[O-]. The molecule has 1 rings (SSSR count). The van der Waals surface area contributed by atoms with E-state index in [9.17, 15) is 18.5 Å². The van der Waals surface area contributed by atoms with Crippen LogP contribution in [0.15, 0.2) is 18.2 Å². The van der Waals surface area contributed by atoms with Gasteiger partial charge in [0.15, 0.2) is 0 Å². The third kappa shape index (κ3) is 5.66. The van der Waals surface area contributed by atoms with Crippen LogP contribution in [0.4, 0.5) is 5.69 Å². The number of hydrogen-bond donors (Lipinski definition) is 1. The molecule has 0 fully saturated rings. The second kappa shape index (κ2) is 6.48. The molecule has 0 aliphatic heterocycles. The van der Waals surface area contributed by atoms with Crippen LogP contribution < -0.4 is 4.74 Å². The van der Waals surface area contributed by atoms with Crippen molar-refractivity contribution in [3.63, 3.8) is 0 Å². The van der Waals surface area contributed by atoms with Gasteiger partial charge in [-0.3, -0.25) is 14.7 Å². The topological polar surface area (TPSA) is 107 Å². The summed E-state index contributed by atoms with van der Waals surface area (Å²) in [6.07, 6.45) is 0.765. The number of rotatable bonds is 7. The van der Waals surface area contributed by atoms with Gasteiger partial charge in [0.1, 0.15) is 5.75 Å². The number of ether oxygens (including phenoxy) is 1. The van der Waals surface area contributed by atoms with Gasteiger partial charge in [0.2, 0.25) is 0 Å². The second-order valence-electron chi connectivity index (χ2n) is 4.05. The summed E-state index contributed by atoms with van der Waals surface area (Å²) in [5.74, 6) is 0.199. The Morgan fingerprint density at radius 1 is 1.37 bits per heavy atom. The summed E-state index contributed by atoms with van der Waals surface area (Å²) in [5, 5.41) is 10.6. The lowest BCUT2D eigenvalue weighted by Gasteiger charge is -2.06. The Labute approximate surface area is 111 Å². The number of aryl methyl sites for hydroxylation is 1. The van der Waals surface area contributed by atoms with Gasteiger partial charge in [-0.05, 0) is 31.9 Å². The van der Waals surface area contributed by atoms with Gasteiger partial charge < -0.3 is 4.74 Å². The van der Waals surface area contributed by atoms with Gasteiger partial charge in [-0.15, -0.1) is 0 Å². The van der Waals surface area contributed by atoms with E-state index in [0.29, 0.717) is 24.2 Å². The van der Waals surface area contributed by atoms with E-state index < -0.39 is 15.0 Å². The Morgan fingerprint density at radius 3 is 2.58 bits per heavy atom. The Hall–Kier alpha value is -1.67. The summed E-state index contributed by atoms with van der Waals surface area (Å²) in [6, 6.07) is 4.41. The van der Waals surface area contributed by atoms with Crippen molar-refractivity contribution in [1.82, 2.24) is 0 Å². The zero-order chi connectivity index (χ0) is 14.5. The highest BCUT2D eigenvalue weighted by atomic mass is 32.2. The number of nitro benzene ring substituents is 1. The number of unbranched alkanes of at least 4 members (excludes halogenated alkanes) is 1. The molecule has 7 nitrogen and oxygen atoms in total. The fourth-order valence-corrected chi connectivity index (χ4v) is 2.07. The van der Waals surface area contributed by atoms with E-state index in [0.717, 1.165) is 0 Å². The quantitative estimate of drug-likeness (QED) is 0.356. The highest BCUT2D eigenvalue weighted by Gasteiger charge is 2.10. The number of benzene rings is 1. The predicted octanol–water partition coefficient (Wildman–Crippen LogP) is 1.95. The molecule has 0 aliphatic carbocycles. The number of hydrogen-bond acceptors (Lipinski definition) is 5. The lowest BCUT2D eigenvalue weighted by molar-refractivity contribution is -0.385. The van der Waals surface area contributed by atoms with E-state index in [4.69, 9.17) is 9.29 Å². The van der Waals surface area contributed by atoms with Gasteiger partial charge in [0.25, 0.3) is 15.8 Å². The van der Waals surface area contributed by atoms with Gasteiger partial charge in [-0.25, -0.2) is 0 Å². The van der Waals surface area contributed by atoms with Crippen LogP contribution in [-0.2, 0) is 10.1 Å². The minimum absolute atomic E-state index is 0.0266. The first kappa shape index (κ1) is 15.4. The lowest BCUT2D eigenvalue weighted by Crippen LogP contribution is -2.06. The fraction of sp³-hybridized carbons (Fsp3) is 0.455. The van der Waals surface area contributed by atoms with E-state index in [2.05, 4.69) is 0 Å². The third-order valence-corrected chi connectivity index (χ3v) is 3.23. The van der Waals surface area contributed by atoms with Crippen molar-refractivity contribution in [1.29, 1.82) is 0 Å². The van der Waals surface area contributed by atoms with Crippen LogP contribution in [0.1, 0.15) is 18.4 Å². The molecule has 0 unspecified atom stereocenters. The molecule has 0 bridgehead atoms. The van der Waals surface area contributed by atoms with Gasteiger partial charge in [-0.2, -0.15) is 8.42 Å². The maximum absolute atomic E-state index is 10.6. The lowest BCUT2D eigenvalue weighted by atomic mass is 10.2. The first-order chi connectivity index (χ1) is 8.79. The van der Waals surface area contributed by atoms with Crippen LogP contribution in [0.2, 0.25) is 0 Å². The first-order valence-electron chi connectivity index (χ1n) is 5.62. The van der Waals surface area contributed by atoms with Crippen molar-refractivity contribution >= 4 is 15.8 Å². The Morgan fingerprint density at radius 2 is 2.05 bits per heavy atom. The van der Waals surface area contributed by atoms with Crippen molar-refractivity contribution in [2.24, 2.45) is 0 Å². The van der Waals surface area contributed by atoms with Crippen LogP contribution in [0.25, 0.3) is 0 Å². The molecule has 1 aromatic rings. The standard InChI is InChI=1S/C11H15NO6S/c1-9-8-10(4-5-11(9)12(13)14)18-6-2-3-7-19(15,16)17/h4-5,8H,2-3,6-7H2,1H3,(H,15,16,17). The van der Waals surface area contributed by atoms with E-state index in [1.807, 2.05) is 0 Å². The molecule has 0 saturated carbocycles. The normalized spacial score (nSPS) is 11.3. The van der Waals surface area contributed by atoms with E-state index >= 15 is 0 Å². The summed E-state index contributed by atoms with van der Waals surface area (Å²) < 4.78 is 34.8.